The van der Waals surface area contributed by atoms with Crippen molar-refractivity contribution >= 4 is 53.9 Å². The van der Waals surface area contributed by atoms with Gasteiger partial charge in [0.15, 0.2) is 0 Å². The highest BCUT2D eigenvalue weighted by atomic mass is 35.5. The maximum Gasteiger partial charge on any atom is 0.323 e. The van der Waals surface area contributed by atoms with Crippen molar-refractivity contribution in [2.45, 2.75) is 0 Å². The summed E-state index contributed by atoms with van der Waals surface area (Å²) in [5, 5.41) is 6.49. The van der Waals surface area contributed by atoms with Gasteiger partial charge in [0.25, 0.3) is 0 Å². The number of nitrogens with one attached hydrogen (secondary N) is 2. The molecule has 2 aromatic rings. The van der Waals surface area contributed by atoms with Crippen LogP contribution in [0.5, 0.6) is 0 Å². The van der Waals surface area contributed by atoms with E-state index in [1.807, 2.05) is 48.5 Å². The lowest BCUT2D eigenvalue weighted by Gasteiger charge is -2.22. The Morgan fingerprint density at radius 3 is 1.68 bits per heavy atom. The van der Waals surface area contributed by atoms with Gasteiger partial charge in [-0.1, -0.05) is 24.3 Å². The predicted molar refractivity (Wildman–Crippen MR) is 118 cm³/mol. The number of hydrogen-bond acceptors (Lipinski definition) is 5. The fourth-order valence-corrected chi connectivity index (χ4v) is 3.17. The zero-order chi connectivity index (χ0) is 17.9. The van der Waals surface area contributed by atoms with Crippen molar-refractivity contribution in [2.75, 3.05) is 31.1 Å². The maximum absolute atomic E-state index is 12.2. The number of amidine groups is 2. The third-order valence-corrected chi connectivity index (χ3v) is 4.32. The van der Waals surface area contributed by atoms with Crippen molar-refractivity contribution < 1.29 is 4.79 Å². The second-order valence-corrected chi connectivity index (χ2v) is 6.09. The van der Waals surface area contributed by atoms with Crippen LogP contribution in [0.2, 0.25) is 0 Å². The molecule has 2 amide bonds. The van der Waals surface area contributed by atoms with E-state index in [0.717, 1.165) is 49.0 Å². The van der Waals surface area contributed by atoms with Gasteiger partial charge in [-0.15, -0.1) is 24.8 Å². The van der Waals surface area contributed by atoms with E-state index < -0.39 is 6.03 Å². The molecule has 2 aliphatic heterocycles. The summed E-state index contributed by atoms with van der Waals surface area (Å²) < 4.78 is 0. The molecular weight excluding hydrogens is 399 g/mol. The molecular formula is C19H22Cl2N6O. The molecule has 0 fully saturated rings. The number of carbonyl (C=O) groups is 1. The van der Waals surface area contributed by atoms with Gasteiger partial charge in [0.2, 0.25) is 0 Å². The number of benzene rings is 2. The Morgan fingerprint density at radius 1 is 0.857 bits per heavy atom. The number of carbonyl (C=O) groups excluding carboxylic acids is 1. The maximum atomic E-state index is 12.2. The molecule has 0 aromatic heterocycles. The number of halogens is 2. The molecule has 0 radical (unpaired) electrons. The van der Waals surface area contributed by atoms with Crippen LogP contribution in [0, 0.1) is 0 Å². The number of hydrogen-bond donors (Lipinski definition) is 3. The minimum atomic E-state index is -0.540. The average molecular weight is 421 g/mol. The number of amides is 2. The normalized spacial score (nSPS) is 14.6. The molecule has 0 saturated heterocycles. The molecule has 4 N–H and O–H groups in total. The second-order valence-electron chi connectivity index (χ2n) is 6.09. The molecule has 0 atom stereocenters. The first-order chi connectivity index (χ1) is 12.7. The van der Waals surface area contributed by atoms with Crippen molar-refractivity contribution in [3.8, 4) is 0 Å². The number of primary amides is 1. The quantitative estimate of drug-likeness (QED) is 0.708. The summed E-state index contributed by atoms with van der Waals surface area (Å²) in [5.41, 5.74) is 8.97. The lowest BCUT2D eigenvalue weighted by Crippen LogP contribution is -2.32. The molecule has 0 unspecified atom stereocenters. The molecule has 2 aliphatic rings. The minimum Gasteiger partial charge on any atom is -0.368 e. The van der Waals surface area contributed by atoms with Gasteiger partial charge >= 0.3 is 6.03 Å². The van der Waals surface area contributed by atoms with Crippen LogP contribution in [0.25, 0.3) is 0 Å². The van der Waals surface area contributed by atoms with Gasteiger partial charge in [0.05, 0.1) is 24.5 Å². The highest BCUT2D eigenvalue weighted by Gasteiger charge is 2.18. The molecule has 7 nitrogen and oxygen atoms in total. The standard InChI is InChI=1S/C19H20N6O.2ClH/c20-19(26)25(15-5-1-3-13(11-15)17-21-7-8-22-17)16-6-2-4-14(12-16)18-23-9-10-24-18;;/h1-6,11-12H,7-10H2,(H2,20,26)(H,21,22)(H,23,24);2*1H. The molecule has 148 valence electrons. The smallest absolute Gasteiger partial charge is 0.323 e. The van der Waals surface area contributed by atoms with Gasteiger partial charge in [0.1, 0.15) is 11.7 Å². The summed E-state index contributed by atoms with van der Waals surface area (Å²) in [5.74, 6) is 1.68. The van der Waals surface area contributed by atoms with E-state index in [-0.39, 0.29) is 24.8 Å². The van der Waals surface area contributed by atoms with Crippen LogP contribution >= 0.6 is 24.8 Å². The van der Waals surface area contributed by atoms with Crippen LogP contribution in [0.1, 0.15) is 11.1 Å². The topological polar surface area (TPSA) is 95.1 Å². The van der Waals surface area contributed by atoms with E-state index in [1.165, 1.54) is 4.90 Å². The first-order valence-electron chi connectivity index (χ1n) is 8.59. The van der Waals surface area contributed by atoms with Gasteiger partial charge in [-0.2, -0.15) is 0 Å². The Morgan fingerprint density at radius 2 is 1.32 bits per heavy atom. The Balaban J connectivity index is 0.00000140. The zero-order valence-electron chi connectivity index (χ0n) is 15.1. The van der Waals surface area contributed by atoms with Crippen molar-refractivity contribution in [1.29, 1.82) is 0 Å². The largest absolute Gasteiger partial charge is 0.368 e. The predicted octanol–water partition coefficient (Wildman–Crippen LogP) is 2.45. The third-order valence-electron chi connectivity index (χ3n) is 4.32. The minimum absolute atomic E-state index is 0. The molecule has 0 bridgehead atoms. The number of urea groups is 1. The van der Waals surface area contributed by atoms with Gasteiger partial charge in [0, 0.05) is 24.2 Å². The molecule has 0 aliphatic carbocycles. The van der Waals surface area contributed by atoms with Crippen LogP contribution in [0.4, 0.5) is 16.2 Å². The van der Waals surface area contributed by atoms with E-state index in [2.05, 4.69) is 20.6 Å². The fourth-order valence-electron chi connectivity index (χ4n) is 3.17. The van der Waals surface area contributed by atoms with Gasteiger partial charge in [-0.3, -0.25) is 14.9 Å². The van der Waals surface area contributed by atoms with Crippen molar-refractivity contribution in [2.24, 2.45) is 15.7 Å². The van der Waals surface area contributed by atoms with E-state index in [4.69, 9.17) is 5.73 Å². The van der Waals surface area contributed by atoms with Crippen LogP contribution in [0.15, 0.2) is 58.5 Å². The van der Waals surface area contributed by atoms with E-state index in [0.29, 0.717) is 11.4 Å². The number of nitrogens with two attached hydrogens (primary N) is 1. The summed E-state index contributed by atoms with van der Waals surface area (Å²) >= 11 is 0. The Labute approximate surface area is 175 Å². The lowest BCUT2D eigenvalue weighted by molar-refractivity contribution is 0.256. The first-order valence-corrected chi connectivity index (χ1v) is 8.59. The van der Waals surface area contributed by atoms with Crippen LogP contribution in [-0.2, 0) is 0 Å². The number of aliphatic imine (C=N–C) groups is 2. The average Bonchev–Trinajstić information content (AvgIpc) is 3.36. The highest BCUT2D eigenvalue weighted by Crippen LogP contribution is 2.27. The lowest BCUT2D eigenvalue weighted by atomic mass is 10.1. The Kier molecular flexibility index (Phi) is 7.25. The van der Waals surface area contributed by atoms with Crippen molar-refractivity contribution in [3.63, 3.8) is 0 Å². The van der Waals surface area contributed by atoms with E-state index in [1.54, 1.807) is 0 Å². The number of nitrogens with zero attached hydrogens (tertiary/aromatic N) is 3. The zero-order valence-corrected chi connectivity index (χ0v) is 16.7. The van der Waals surface area contributed by atoms with E-state index in [9.17, 15) is 4.79 Å². The summed E-state index contributed by atoms with van der Waals surface area (Å²) in [7, 11) is 0. The Bertz CT molecular complexity index is 847. The summed E-state index contributed by atoms with van der Waals surface area (Å²) in [6, 6.07) is 14.7. The monoisotopic (exact) mass is 420 g/mol. The van der Waals surface area contributed by atoms with Crippen molar-refractivity contribution in [1.82, 2.24) is 10.6 Å². The SMILES string of the molecule is Cl.Cl.NC(=O)N(c1cccc(C2=NCCN2)c1)c1cccc(C2=NCCN2)c1. The molecule has 2 aromatic carbocycles. The second kappa shape index (κ2) is 9.43. The van der Waals surface area contributed by atoms with Crippen LogP contribution in [-0.4, -0.2) is 43.9 Å². The van der Waals surface area contributed by atoms with Gasteiger partial charge in [-0.05, 0) is 24.3 Å². The molecule has 28 heavy (non-hydrogen) atoms. The summed E-state index contributed by atoms with van der Waals surface area (Å²) in [6.07, 6.45) is 0. The number of rotatable bonds is 4. The fraction of sp³-hybridized carbons (Fsp3) is 0.211. The summed E-state index contributed by atoms with van der Waals surface area (Å²) in [4.78, 5) is 22.6. The van der Waals surface area contributed by atoms with Crippen LogP contribution < -0.4 is 21.3 Å². The Hall–Kier alpha value is -2.77. The van der Waals surface area contributed by atoms with Gasteiger partial charge in [-0.25, -0.2) is 4.79 Å². The molecule has 4 rings (SSSR count). The molecule has 0 saturated carbocycles. The van der Waals surface area contributed by atoms with Crippen LogP contribution in [0.3, 0.4) is 0 Å². The third kappa shape index (κ3) is 4.37. The molecule has 2 heterocycles. The summed E-state index contributed by atoms with van der Waals surface area (Å²) in [6.45, 7) is 3.18. The first kappa shape index (κ1) is 21.5. The highest BCUT2D eigenvalue weighted by molar-refractivity contribution is 6.05. The van der Waals surface area contributed by atoms with E-state index >= 15 is 0 Å². The molecule has 9 heteroatoms. The number of anilines is 2. The molecule has 0 spiro atoms. The van der Waals surface area contributed by atoms with Gasteiger partial charge < -0.3 is 16.4 Å². The van der Waals surface area contributed by atoms with Crippen molar-refractivity contribution in [3.05, 3.63) is 59.7 Å².